The minimum Gasteiger partial charge on any atom is -0.505 e. The number of carbonyl (C=O) groups excluding carboxylic acids is 1. The van der Waals surface area contributed by atoms with Crippen LogP contribution >= 0.6 is 0 Å². The first-order valence-electron chi connectivity index (χ1n) is 15.6. The van der Waals surface area contributed by atoms with Crippen LogP contribution in [-0.4, -0.2) is 71.8 Å². The highest BCUT2D eigenvalue weighted by Crippen LogP contribution is 2.26. The standard InChI is InChI=1S/C37H37N5O7/c1-21-9-10-31-28(11-21)25(14-40-31)13-33(42-17-29-26(19-43)15-38-22(2)34(29)44)37(48)49-20-27-16-39-23(3)35(45)30(27)18-41-32(36(46)47)12-24-7-5-4-6-8-24/h4-11,14-18,32-33,40,43-45H,12-13,19-20H2,1-3H3,(H,46,47)/t32-,33-/m0/s1. The number of fused-ring (bicyclic) bond motifs is 1. The maximum atomic E-state index is 13.7. The number of aromatic hydroxyl groups is 2. The van der Waals surface area contributed by atoms with Crippen molar-refractivity contribution in [2.24, 2.45) is 9.98 Å². The molecule has 0 radical (unpaired) electrons. The molecular weight excluding hydrogens is 626 g/mol. The minimum absolute atomic E-state index is 0.138. The van der Waals surface area contributed by atoms with Crippen LogP contribution in [0.25, 0.3) is 10.9 Å². The second-order valence-corrected chi connectivity index (χ2v) is 11.7. The molecule has 0 saturated heterocycles. The Balaban J connectivity index is 1.43. The van der Waals surface area contributed by atoms with Crippen LogP contribution in [0.3, 0.4) is 0 Å². The third kappa shape index (κ3) is 8.17. The molecule has 3 aromatic heterocycles. The maximum absolute atomic E-state index is 13.7. The molecule has 5 rings (SSSR count). The molecule has 49 heavy (non-hydrogen) atoms. The van der Waals surface area contributed by atoms with Crippen molar-refractivity contribution < 1.29 is 34.8 Å². The Bertz CT molecular complexity index is 2040. The second kappa shape index (κ2) is 15.3. The molecule has 0 aliphatic rings. The summed E-state index contributed by atoms with van der Waals surface area (Å²) in [5, 5.41) is 42.1. The number of esters is 1. The molecule has 2 aromatic carbocycles. The van der Waals surface area contributed by atoms with Crippen molar-refractivity contribution in [1.82, 2.24) is 15.0 Å². The summed E-state index contributed by atoms with van der Waals surface area (Å²) in [5.74, 6) is -2.22. The molecule has 2 atom stereocenters. The lowest BCUT2D eigenvalue weighted by Crippen LogP contribution is -2.24. The maximum Gasteiger partial charge on any atom is 0.331 e. The SMILES string of the molecule is Cc1ccc2[nH]cc(C[C@H](N=Cc3c(CO)cnc(C)c3O)C(=O)OCc3cnc(C)c(O)c3C=N[C@@H](Cc3ccccc3)C(=O)O)c2c1. The molecule has 0 unspecified atom stereocenters. The molecule has 5 N–H and O–H groups in total. The number of nitrogens with one attached hydrogen (secondary N) is 1. The molecule has 0 saturated carbocycles. The Morgan fingerprint density at radius 3 is 2.14 bits per heavy atom. The number of aliphatic hydroxyl groups is 1. The Labute approximate surface area is 282 Å². The number of aryl methyl sites for hydroxylation is 3. The van der Waals surface area contributed by atoms with Gasteiger partial charge in [-0.15, -0.1) is 0 Å². The molecule has 0 aliphatic carbocycles. The number of rotatable bonds is 13. The van der Waals surface area contributed by atoms with Gasteiger partial charge in [0.2, 0.25) is 0 Å². The first-order chi connectivity index (χ1) is 23.5. The van der Waals surface area contributed by atoms with Crippen LogP contribution in [0.5, 0.6) is 11.5 Å². The number of aliphatic carboxylic acids is 1. The Hall–Kier alpha value is -5.88. The molecule has 3 heterocycles. The van der Waals surface area contributed by atoms with Gasteiger partial charge in [0.05, 0.1) is 18.0 Å². The number of aliphatic imine (C=N–C) groups is 2. The predicted octanol–water partition coefficient (Wildman–Crippen LogP) is 4.68. The minimum atomic E-state index is -1.13. The van der Waals surface area contributed by atoms with Crippen LogP contribution in [0.4, 0.5) is 0 Å². The zero-order valence-corrected chi connectivity index (χ0v) is 27.3. The summed E-state index contributed by atoms with van der Waals surface area (Å²) in [6.07, 6.45) is 7.55. The average Bonchev–Trinajstić information content (AvgIpc) is 3.49. The Kier molecular flexibility index (Phi) is 10.8. The third-order valence-corrected chi connectivity index (χ3v) is 8.19. The molecule has 252 valence electrons. The van der Waals surface area contributed by atoms with Gasteiger partial charge in [-0.05, 0) is 44.0 Å². The lowest BCUT2D eigenvalue weighted by atomic mass is 10.0. The number of pyridine rings is 2. The number of aromatic amines is 1. The van der Waals surface area contributed by atoms with Crippen molar-refractivity contribution in [3.63, 3.8) is 0 Å². The zero-order chi connectivity index (χ0) is 35.1. The molecule has 0 fully saturated rings. The largest absolute Gasteiger partial charge is 0.505 e. The van der Waals surface area contributed by atoms with Gasteiger partial charge in [-0.25, -0.2) is 9.59 Å². The van der Waals surface area contributed by atoms with Gasteiger partial charge in [0, 0.05) is 77.0 Å². The summed E-state index contributed by atoms with van der Waals surface area (Å²) in [6.45, 7) is 4.45. The van der Waals surface area contributed by atoms with Gasteiger partial charge >= 0.3 is 11.9 Å². The van der Waals surface area contributed by atoms with E-state index in [9.17, 15) is 30.0 Å². The Morgan fingerprint density at radius 1 is 0.857 bits per heavy atom. The fraction of sp³-hybridized carbons (Fsp3) is 0.243. The molecule has 0 aliphatic heterocycles. The smallest absolute Gasteiger partial charge is 0.331 e. The Morgan fingerprint density at radius 2 is 1.49 bits per heavy atom. The van der Waals surface area contributed by atoms with Crippen molar-refractivity contribution in [3.05, 3.63) is 117 Å². The van der Waals surface area contributed by atoms with Crippen LogP contribution in [-0.2, 0) is 40.4 Å². The number of hydrogen-bond acceptors (Lipinski definition) is 10. The average molecular weight is 664 g/mol. The van der Waals surface area contributed by atoms with Crippen LogP contribution in [0.1, 0.15) is 50.3 Å². The van der Waals surface area contributed by atoms with Crippen molar-refractivity contribution >= 4 is 35.3 Å². The summed E-state index contributed by atoms with van der Waals surface area (Å²) in [4.78, 5) is 46.0. The molecule has 0 spiro atoms. The van der Waals surface area contributed by atoms with Gasteiger partial charge in [-0.1, -0.05) is 42.0 Å². The number of carboxylic acids is 1. The van der Waals surface area contributed by atoms with Crippen molar-refractivity contribution in [1.29, 1.82) is 0 Å². The van der Waals surface area contributed by atoms with Gasteiger partial charge in [-0.3, -0.25) is 20.0 Å². The van der Waals surface area contributed by atoms with Gasteiger partial charge < -0.3 is 30.1 Å². The number of H-pyrrole nitrogens is 1. The zero-order valence-electron chi connectivity index (χ0n) is 27.3. The number of aromatic nitrogens is 3. The van der Waals surface area contributed by atoms with E-state index in [1.807, 2.05) is 55.5 Å². The van der Waals surface area contributed by atoms with Crippen molar-refractivity contribution in [2.45, 2.75) is 58.9 Å². The summed E-state index contributed by atoms with van der Waals surface area (Å²) in [5.41, 5.74) is 5.20. The van der Waals surface area contributed by atoms with Gasteiger partial charge in [0.15, 0.2) is 12.1 Å². The molecule has 5 aromatic rings. The molecule has 0 amide bonds. The van der Waals surface area contributed by atoms with Gasteiger partial charge in [0.1, 0.15) is 18.1 Å². The fourth-order valence-corrected chi connectivity index (χ4v) is 5.32. The second-order valence-electron chi connectivity index (χ2n) is 11.7. The quantitative estimate of drug-likeness (QED) is 0.0880. The number of ether oxygens (including phenoxy) is 1. The van der Waals surface area contributed by atoms with E-state index in [-0.39, 0.29) is 47.8 Å². The number of carbonyl (C=O) groups is 2. The first kappa shape index (κ1) is 34.5. The summed E-state index contributed by atoms with van der Waals surface area (Å²) >= 11 is 0. The van der Waals surface area contributed by atoms with E-state index in [2.05, 4.69) is 24.9 Å². The van der Waals surface area contributed by atoms with E-state index in [0.717, 1.165) is 27.6 Å². The monoisotopic (exact) mass is 663 g/mol. The molecule has 0 bridgehead atoms. The molecular formula is C37H37N5O7. The summed E-state index contributed by atoms with van der Waals surface area (Å²) in [6, 6.07) is 12.8. The van der Waals surface area contributed by atoms with Crippen LogP contribution in [0.2, 0.25) is 0 Å². The van der Waals surface area contributed by atoms with Crippen LogP contribution < -0.4 is 0 Å². The lowest BCUT2D eigenvalue weighted by Gasteiger charge is -2.15. The van der Waals surface area contributed by atoms with E-state index in [1.165, 1.54) is 24.8 Å². The highest BCUT2D eigenvalue weighted by atomic mass is 16.5. The summed E-state index contributed by atoms with van der Waals surface area (Å²) < 4.78 is 5.74. The highest BCUT2D eigenvalue weighted by Gasteiger charge is 2.24. The van der Waals surface area contributed by atoms with Crippen molar-refractivity contribution in [2.75, 3.05) is 0 Å². The number of aliphatic hydroxyl groups excluding tert-OH is 1. The van der Waals surface area contributed by atoms with E-state index >= 15 is 0 Å². The highest BCUT2D eigenvalue weighted by molar-refractivity contribution is 5.90. The van der Waals surface area contributed by atoms with Gasteiger partial charge in [0.25, 0.3) is 0 Å². The summed E-state index contributed by atoms with van der Waals surface area (Å²) in [7, 11) is 0. The van der Waals surface area contributed by atoms with Crippen LogP contribution in [0, 0.1) is 20.8 Å². The normalized spacial score (nSPS) is 12.9. The number of carboxylic acid groups (broad SMARTS) is 1. The van der Waals surface area contributed by atoms with E-state index in [0.29, 0.717) is 16.8 Å². The predicted molar refractivity (Wildman–Crippen MR) is 184 cm³/mol. The number of nitrogens with zero attached hydrogens (tertiary/aromatic N) is 4. The molecule has 12 nitrogen and oxygen atoms in total. The van der Waals surface area contributed by atoms with E-state index < -0.39 is 30.6 Å². The number of benzene rings is 2. The van der Waals surface area contributed by atoms with E-state index in [4.69, 9.17) is 4.74 Å². The molecule has 12 heteroatoms. The van der Waals surface area contributed by atoms with Crippen molar-refractivity contribution in [3.8, 4) is 11.5 Å². The van der Waals surface area contributed by atoms with E-state index in [1.54, 1.807) is 20.0 Å². The lowest BCUT2D eigenvalue weighted by molar-refractivity contribution is -0.146. The topological polar surface area (TPSA) is 191 Å². The fourth-order valence-electron chi connectivity index (χ4n) is 5.32. The number of hydrogen-bond donors (Lipinski definition) is 5. The van der Waals surface area contributed by atoms with Gasteiger partial charge in [-0.2, -0.15) is 0 Å². The third-order valence-electron chi connectivity index (χ3n) is 8.19. The first-order valence-corrected chi connectivity index (χ1v) is 15.6. The van der Waals surface area contributed by atoms with Crippen LogP contribution in [0.15, 0.2) is 77.1 Å².